The number of rotatable bonds is 4. The van der Waals surface area contributed by atoms with Crippen molar-refractivity contribution in [2.75, 3.05) is 0 Å². The quantitative estimate of drug-likeness (QED) is 0.187. The van der Waals surface area contributed by atoms with Crippen molar-refractivity contribution in [2.45, 2.75) is 0 Å². The zero-order chi connectivity index (χ0) is 29.6. The van der Waals surface area contributed by atoms with Crippen molar-refractivity contribution < 1.29 is 0 Å². The second-order valence-corrected chi connectivity index (χ2v) is 11.7. The van der Waals surface area contributed by atoms with Crippen LogP contribution in [-0.2, 0) is 0 Å². The van der Waals surface area contributed by atoms with E-state index in [0.29, 0.717) is 10.0 Å². The van der Waals surface area contributed by atoms with Gasteiger partial charge in [0.1, 0.15) is 0 Å². The molecule has 8 rings (SSSR count). The minimum atomic E-state index is 0.708. The molecule has 0 aliphatic rings. The normalized spacial score (nSPS) is 11.4. The maximum Gasteiger partial charge on any atom is 0.0722 e. The van der Waals surface area contributed by atoms with Gasteiger partial charge in [0.25, 0.3) is 0 Å². The molecule has 0 radical (unpaired) electrons. The Labute approximate surface area is 265 Å². The van der Waals surface area contributed by atoms with Gasteiger partial charge in [-0.25, -0.2) is 9.97 Å². The number of halogens is 2. The molecule has 44 heavy (non-hydrogen) atoms. The van der Waals surface area contributed by atoms with Crippen LogP contribution in [0.2, 0.25) is 10.0 Å². The highest BCUT2D eigenvalue weighted by Crippen LogP contribution is 2.42. The molecule has 0 spiro atoms. The van der Waals surface area contributed by atoms with E-state index >= 15 is 0 Å². The van der Waals surface area contributed by atoms with E-state index in [1.165, 1.54) is 0 Å². The molecule has 2 heterocycles. The summed E-state index contributed by atoms with van der Waals surface area (Å²) in [6.07, 6.45) is 0. The number of hydrogen-bond donors (Lipinski definition) is 0. The van der Waals surface area contributed by atoms with Crippen LogP contribution in [0.5, 0.6) is 0 Å². The van der Waals surface area contributed by atoms with Crippen molar-refractivity contribution in [1.82, 2.24) is 9.97 Å². The average Bonchev–Trinajstić information content (AvgIpc) is 3.08. The van der Waals surface area contributed by atoms with Crippen molar-refractivity contribution in [3.63, 3.8) is 0 Å². The van der Waals surface area contributed by atoms with E-state index in [4.69, 9.17) is 33.2 Å². The number of aromatic nitrogens is 2. The van der Waals surface area contributed by atoms with Crippen molar-refractivity contribution in [3.05, 3.63) is 156 Å². The van der Waals surface area contributed by atoms with Gasteiger partial charge in [0.05, 0.1) is 22.4 Å². The molecule has 208 valence electrons. The molecule has 0 unspecified atom stereocenters. The zero-order valence-corrected chi connectivity index (χ0v) is 25.0. The molecule has 2 nitrogen and oxygen atoms in total. The molecule has 4 heteroatoms. The lowest BCUT2D eigenvalue weighted by molar-refractivity contribution is 1.40. The third-order valence-corrected chi connectivity index (χ3v) is 8.69. The maximum atomic E-state index is 6.32. The highest BCUT2D eigenvalue weighted by atomic mass is 35.5. The van der Waals surface area contributed by atoms with Crippen LogP contribution in [0, 0.1) is 0 Å². The summed E-state index contributed by atoms with van der Waals surface area (Å²) in [4.78, 5) is 10.3. The minimum absolute atomic E-state index is 0.708. The van der Waals surface area contributed by atoms with E-state index < -0.39 is 0 Å². The molecule has 0 aliphatic carbocycles. The van der Waals surface area contributed by atoms with Gasteiger partial charge in [-0.05, 0) is 81.6 Å². The van der Waals surface area contributed by atoms with Gasteiger partial charge in [0, 0.05) is 31.9 Å². The summed E-state index contributed by atoms with van der Waals surface area (Å²) >= 11 is 12.6. The summed E-state index contributed by atoms with van der Waals surface area (Å²) in [5.74, 6) is 0. The highest BCUT2D eigenvalue weighted by Gasteiger charge is 2.17. The Kier molecular flexibility index (Phi) is 6.60. The molecule has 0 amide bonds. The first-order valence-electron chi connectivity index (χ1n) is 14.5. The molecular formula is C40H24Cl2N2. The first-order valence-corrected chi connectivity index (χ1v) is 15.2. The lowest BCUT2D eigenvalue weighted by Crippen LogP contribution is -1.94. The van der Waals surface area contributed by atoms with Gasteiger partial charge >= 0.3 is 0 Å². The van der Waals surface area contributed by atoms with Gasteiger partial charge in [-0.15, -0.1) is 0 Å². The number of fused-ring (bicyclic) bond motifs is 5. The molecule has 0 N–H and O–H groups in total. The number of nitrogens with zero attached hydrogens (tertiary/aromatic N) is 2. The topological polar surface area (TPSA) is 25.8 Å². The second kappa shape index (κ2) is 10.9. The van der Waals surface area contributed by atoms with Crippen LogP contribution in [-0.4, -0.2) is 9.97 Å². The summed E-state index contributed by atoms with van der Waals surface area (Å²) in [6.45, 7) is 0. The SMILES string of the molecule is Clc1ccc(-c2cc(-c3ccccc3)nc3ccc4c(ccc5nc(-c6ccccc6)cc(-c6ccc(Cl)cc6)c54)c23)cc1. The molecule has 0 atom stereocenters. The fourth-order valence-electron chi connectivity index (χ4n) is 6.10. The lowest BCUT2D eigenvalue weighted by Gasteiger charge is -2.16. The Hall–Kier alpha value is -5.02. The smallest absolute Gasteiger partial charge is 0.0722 e. The first-order chi connectivity index (χ1) is 21.6. The van der Waals surface area contributed by atoms with Crippen LogP contribution in [0.3, 0.4) is 0 Å². The summed E-state index contributed by atoms with van der Waals surface area (Å²) in [5.41, 5.74) is 10.3. The molecule has 0 saturated heterocycles. The van der Waals surface area contributed by atoms with Gasteiger partial charge in [-0.1, -0.05) is 120 Å². The van der Waals surface area contributed by atoms with Gasteiger partial charge in [-0.2, -0.15) is 0 Å². The number of pyridine rings is 2. The molecule has 0 fully saturated rings. The number of benzene rings is 6. The Bertz CT molecular complexity index is 2150. The van der Waals surface area contributed by atoms with E-state index in [9.17, 15) is 0 Å². The predicted octanol–water partition coefficient (Wildman–Crippen LogP) is 11.9. The fourth-order valence-corrected chi connectivity index (χ4v) is 6.36. The summed E-state index contributed by atoms with van der Waals surface area (Å²) < 4.78 is 0. The van der Waals surface area contributed by atoms with Gasteiger partial charge in [0.2, 0.25) is 0 Å². The Morgan fingerprint density at radius 3 is 1.14 bits per heavy atom. The predicted molar refractivity (Wildman–Crippen MR) is 186 cm³/mol. The van der Waals surface area contributed by atoms with Crippen LogP contribution in [0.25, 0.3) is 77.3 Å². The van der Waals surface area contributed by atoms with Crippen LogP contribution in [0.1, 0.15) is 0 Å². The molecule has 2 aromatic heterocycles. The molecular weight excluding hydrogens is 579 g/mol. The Morgan fingerprint density at radius 1 is 0.364 bits per heavy atom. The third-order valence-electron chi connectivity index (χ3n) is 8.19. The van der Waals surface area contributed by atoms with Crippen LogP contribution >= 0.6 is 23.2 Å². The van der Waals surface area contributed by atoms with E-state index in [0.717, 1.165) is 77.3 Å². The van der Waals surface area contributed by atoms with Crippen molar-refractivity contribution in [2.24, 2.45) is 0 Å². The Balaban J connectivity index is 1.48. The second-order valence-electron chi connectivity index (χ2n) is 10.9. The van der Waals surface area contributed by atoms with Crippen LogP contribution in [0.15, 0.2) is 146 Å². The van der Waals surface area contributed by atoms with E-state index in [2.05, 4.69) is 84.9 Å². The monoisotopic (exact) mass is 602 g/mol. The zero-order valence-electron chi connectivity index (χ0n) is 23.5. The fraction of sp³-hybridized carbons (Fsp3) is 0. The molecule has 0 aliphatic heterocycles. The van der Waals surface area contributed by atoms with Gasteiger partial charge in [-0.3, -0.25) is 0 Å². The molecule has 8 aromatic rings. The summed E-state index contributed by atoms with van der Waals surface area (Å²) in [5, 5.41) is 5.85. The minimum Gasteiger partial charge on any atom is -0.248 e. The molecule has 0 saturated carbocycles. The van der Waals surface area contributed by atoms with Crippen molar-refractivity contribution >= 4 is 55.8 Å². The third kappa shape index (κ3) is 4.69. The number of hydrogen-bond acceptors (Lipinski definition) is 2. The van der Waals surface area contributed by atoms with E-state index in [1.54, 1.807) is 0 Å². The lowest BCUT2D eigenvalue weighted by atomic mass is 9.90. The van der Waals surface area contributed by atoms with Crippen molar-refractivity contribution in [1.29, 1.82) is 0 Å². The molecule has 0 bridgehead atoms. The largest absolute Gasteiger partial charge is 0.248 e. The maximum absolute atomic E-state index is 6.32. The summed E-state index contributed by atoms with van der Waals surface area (Å²) in [7, 11) is 0. The van der Waals surface area contributed by atoms with Gasteiger partial charge < -0.3 is 0 Å². The summed E-state index contributed by atoms with van der Waals surface area (Å²) in [6, 6.07) is 49.8. The van der Waals surface area contributed by atoms with Gasteiger partial charge in [0.15, 0.2) is 0 Å². The Morgan fingerprint density at radius 2 is 0.750 bits per heavy atom. The van der Waals surface area contributed by atoms with Crippen LogP contribution in [0.4, 0.5) is 0 Å². The van der Waals surface area contributed by atoms with E-state index in [-0.39, 0.29) is 0 Å². The van der Waals surface area contributed by atoms with Crippen molar-refractivity contribution in [3.8, 4) is 44.8 Å². The highest BCUT2D eigenvalue weighted by molar-refractivity contribution is 6.31. The van der Waals surface area contributed by atoms with E-state index in [1.807, 2.05) is 60.7 Å². The van der Waals surface area contributed by atoms with Crippen LogP contribution < -0.4 is 0 Å². The first kappa shape index (κ1) is 26.6. The standard InChI is InChI=1S/C40H24Cl2N2/c41-29-15-11-25(12-16-29)33-23-37(27-7-3-1-4-8-27)43-35-21-19-32-31(39(33)35)20-22-36-40(32)34(26-13-17-30(42)18-14-26)24-38(44-36)28-9-5-2-6-10-28/h1-24H. The average molecular weight is 604 g/mol. The molecule has 6 aromatic carbocycles.